The van der Waals surface area contributed by atoms with Crippen LogP contribution >= 0.6 is 0 Å². The molecule has 1 saturated carbocycles. The number of carbonyl (C=O) groups excluding carboxylic acids is 1. The van der Waals surface area contributed by atoms with Gasteiger partial charge in [-0.3, -0.25) is 0 Å². The Labute approximate surface area is 127 Å². The van der Waals surface area contributed by atoms with Gasteiger partial charge in [0.1, 0.15) is 5.60 Å². The summed E-state index contributed by atoms with van der Waals surface area (Å²) in [7, 11) is 0. The Bertz CT molecular complexity index is 476. The monoisotopic (exact) mass is 293 g/mol. The van der Waals surface area contributed by atoms with E-state index < -0.39 is 5.60 Å². The number of hydrogen-bond donors (Lipinski definition) is 1. The van der Waals surface area contributed by atoms with E-state index in [1.54, 1.807) is 0 Å². The van der Waals surface area contributed by atoms with E-state index in [1.807, 2.05) is 33.3 Å². The number of imidazole rings is 1. The Morgan fingerprint density at radius 2 is 2.24 bits per heavy atom. The average Bonchev–Trinajstić information content (AvgIpc) is 2.95. The van der Waals surface area contributed by atoms with Gasteiger partial charge in [0.15, 0.2) is 0 Å². The van der Waals surface area contributed by atoms with Crippen LogP contribution in [0.15, 0.2) is 12.5 Å². The summed E-state index contributed by atoms with van der Waals surface area (Å²) in [6.45, 7) is 8.47. The fraction of sp³-hybridized carbons (Fsp3) is 0.750. The predicted molar refractivity (Wildman–Crippen MR) is 82.2 cm³/mol. The van der Waals surface area contributed by atoms with Gasteiger partial charge in [-0.25, -0.2) is 9.78 Å². The van der Waals surface area contributed by atoms with Crippen LogP contribution in [-0.2, 0) is 11.2 Å². The Hall–Kier alpha value is -1.52. The molecule has 0 radical (unpaired) electrons. The summed E-state index contributed by atoms with van der Waals surface area (Å²) >= 11 is 0. The lowest BCUT2D eigenvalue weighted by molar-refractivity contribution is 0.0528. The van der Waals surface area contributed by atoms with Crippen molar-refractivity contribution in [1.82, 2.24) is 14.9 Å². The van der Waals surface area contributed by atoms with Gasteiger partial charge < -0.3 is 14.6 Å². The van der Waals surface area contributed by atoms with Crippen molar-refractivity contribution in [3.8, 4) is 0 Å². The van der Waals surface area contributed by atoms with Gasteiger partial charge in [0.05, 0.1) is 6.33 Å². The number of ether oxygens (including phenoxy) is 1. The second-order valence-electron chi connectivity index (χ2n) is 6.95. The summed E-state index contributed by atoms with van der Waals surface area (Å²) < 4.78 is 7.52. The van der Waals surface area contributed by atoms with Crippen LogP contribution in [0.25, 0.3) is 0 Å². The van der Waals surface area contributed by atoms with Crippen molar-refractivity contribution in [2.75, 3.05) is 6.54 Å². The molecule has 0 saturated heterocycles. The molecule has 5 nitrogen and oxygen atoms in total. The van der Waals surface area contributed by atoms with E-state index in [0.29, 0.717) is 18.5 Å². The zero-order valence-corrected chi connectivity index (χ0v) is 13.6. The van der Waals surface area contributed by atoms with Crippen molar-refractivity contribution in [3.05, 3.63) is 18.2 Å². The summed E-state index contributed by atoms with van der Waals surface area (Å²) in [5, 5.41) is 2.80. The fourth-order valence-electron chi connectivity index (χ4n) is 2.97. The van der Waals surface area contributed by atoms with E-state index in [-0.39, 0.29) is 6.09 Å². The molecule has 1 aromatic rings. The highest BCUT2D eigenvalue weighted by atomic mass is 16.6. The molecule has 0 spiro atoms. The van der Waals surface area contributed by atoms with E-state index in [9.17, 15) is 4.79 Å². The first-order valence-electron chi connectivity index (χ1n) is 7.84. The highest BCUT2D eigenvalue weighted by Gasteiger charge is 2.26. The van der Waals surface area contributed by atoms with Gasteiger partial charge in [-0.15, -0.1) is 0 Å². The van der Waals surface area contributed by atoms with Crippen molar-refractivity contribution in [2.24, 2.45) is 5.92 Å². The third-order valence-electron chi connectivity index (χ3n) is 3.97. The maximum Gasteiger partial charge on any atom is 0.407 e. The molecule has 1 fully saturated rings. The van der Waals surface area contributed by atoms with Gasteiger partial charge in [0.2, 0.25) is 0 Å². The number of rotatable bonds is 4. The molecule has 21 heavy (non-hydrogen) atoms. The van der Waals surface area contributed by atoms with Crippen molar-refractivity contribution in [3.63, 3.8) is 0 Å². The van der Waals surface area contributed by atoms with Crippen molar-refractivity contribution in [2.45, 2.75) is 65.0 Å². The molecule has 1 aliphatic rings. The predicted octanol–water partition coefficient (Wildman–Crippen LogP) is 3.31. The average molecular weight is 293 g/mol. The third kappa shape index (κ3) is 4.48. The summed E-state index contributed by atoms with van der Waals surface area (Å²) in [4.78, 5) is 15.9. The van der Waals surface area contributed by atoms with Gasteiger partial charge in [-0.05, 0) is 39.5 Å². The van der Waals surface area contributed by atoms with Gasteiger partial charge in [0.25, 0.3) is 0 Å². The third-order valence-corrected chi connectivity index (χ3v) is 3.97. The maximum atomic E-state index is 11.6. The number of nitrogens with one attached hydrogen (secondary N) is 1. The van der Waals surface area contributed by atoms with Crippen LogP contribution in [-0.4, -0.2) is 27.8 Å². The molecule has 0 bridgehead atoms. The second-order valence-corrected chi connectivity index (χ2v) is 6.95. The summed E-state index contributed by atoms with van der Waals surface area (Å²) in [6, 6.07) is 0.559. The lowest BCUT2D eigenvalue weighted by atomic mass is 10.1. The Kier molecular flexibility index (Phi) is 4.91. The standard InChI is InChI=1S/C16H27N3O2/c1-12-6-5-7-14(12)19-11-17-10-13(19)8-9-18-15(20)21-16(2,3)4/h10-12,14H,5-9H2,1-4H3,(H,18,20). The molecule has 1 N–H and O–H groups in total. The van der Waals surface area contributed by atoms with Gasteiger partial charge in [0, 0.05) is 30.9 Å². The topological polar surface area (TPSA) is 56.2 Å². The van der Waals surface area contributed by atoms with E-state index in [4.69, 9.17) is 4.74 Å². The molecule has 2 atom stereocenters. The van der Waals surface area contributed by atoms with Crippen molar-refractivity contribution >= 4 is 6.09 Å². The molecular formula is C16H27N3O2. The van der Waals surface area contributed by atoms with Crippen LogP contribution in [0.1, 0.15) is 58.7 Å². The molecule has 1 heterocycles. The van der Waals surface area contributed by atoms with Crippen LogP contribution < -0.4 is 5.32 Å². The Morgan fingerprint density at radius 1 is 1.48 bits per heavy atom. The summed E-state index contributed by atoms with van der Waals surface area (Å²) in [5.41, 5.74) is 0.732. The molecule has 0 aromatic carbocycles. The highest BCUT2D eigenvalue weighted by molar-refractivity contribution is 5.67. The molecule has 1 aromatic heterocycles. The largest absolute Gasteiger partial charge is 0.444 e. The summed E-state index contributed by atoms with van der Waals surface area (Å²) in [6.07, 6.45) is 8.06. The first-order valence-corrected chi connectivity index (χ1v) is 7.84. The van der Waals surface area contributed by atoms with E-state index in [2.05, 4.69) is 21.8 Å². The molecule has 5 heteroatoms. The minimum absolute atomic E-state index is 0.359. The van der Waals surface area contributed by atoms with Gasteiger partial charge in [-0.1, -0.05) is 13.3 Å². The van der Waals surface area contributed by atoms with Crippen LogP contribution in [0.5, 0.6) is 0 Å². The van der Waals surface area contributed by atoms with Crippen LogP contribution in [0.4, 0.5) is 4.79 Å². The minimum atomic E-state index is -0.453. The number of hydrogen-bond acceptors (Lipinski definition) is 3. The van der Waals surface area contributed by atoms with E-state index >= 15 is 0 Å². The smallest absolute Gasteiger partial charge is 0.407 e. The lowest BCUT2D eigenvalue weighted by Crippen LogP contribution is -2.33. The zero-order valence-electron chi connectivity index (χ0n) is 13.6. The first kappa shape index (κ1) is 15.9. The molecule has 1 amide bonds. The van der Waals surface area contributed by atoms with Gasteiger partial charge >= 0.3 is 6.09 Å². The molecule has 2 rings (SSSR count). The SMILES string of the molecule is CC1CCCC1n1cncc1CCNC(=O)OC(C)(C)C. The second kappa shape index (κ2) is 6.50. The first-order chi connectivity index (χ1) is 9.87. The quantitative estimate of drug-likeness (QED) is 0.926. The molecule has 1 aliphatic carbocycles. The van der Waals surface area contributed by atoms with Gasteiger partial charge in [-0.2, -0.15) is 0 Å². The number of alkyl carbamates (subject to hydrolysis) is 1. The van der Waals surface area contributed by atoms with E-state index in [1.165, 1.54) is 25.0 Å². The number of amides is 1. The lowest BCUT2D eigenvalue weighted by Gasteiger charge is -2.21. The summed E-state index contributed by atoms with van der Waals surface area (Å²) in [5.74, 6) is 0.705. The van der Waals surface area contributed by atoms with Crippen molar-refractivity contribution < 1.29 is 9.53 Å². The minimum Gasteiger partial charge on any atom is -0.444 e. The number of carbonyl (C=O) groups is 1. The number of aromatic nitrogens is 2. The maximum absolute atomic E-state index is 11.6. The number of nitrogens with zero attached hydrogens (tertiary/aromatic N) is 2. The zero-order chi connectivity index (χ0) is 15.5. The molecule has 2 unspecified atom stereocenters. The molecule has 0 aliphatic heterocycles. The fourth-order valence-corrected chi connectivity index (χ4v) is 2.97. The Balaban J connectivity index is 1.84. The van der Waals surface area contributed by atoms with E-state index in [0.717, 1.165) is 6.42 Å². The van der Waals surface area contributed by atoms with Crippen LogP contribution in [0, 0.1) is 5.92 Å². The Morgan fingerprint density at radius 3 is 2.86 bits per heavy atom. The van der Waals surface area contributed by atoms with Crippen LogP contribution in [0.3, 0.4) is 0 Å². The highest BCUT2D eigenvalue weighted by Crippen LogP contribution is 2.35. The molecular weight excluding hydrogens is 266 g/mol. The normalized spacial score (nSPS) is 22.3. The van der Waals surface area contributed by atoms with Crippen molar-refractivity contribution in [1.29, 1.82) is 0 Å². The van der Waals surface area contributed by atoms with Crippen LogP contribution in [0.2, 0.25) is 0 Å². The molecule has 118 valence electrons.